The van der Waals surface area contributed by atoms with E-state index in [1.807, 2.05) is 0 Å². The fraction of sp³-hybridized carbons (Fsp3) is 0.421. The fourth-order valence-electron chi connectivity index (χ4n) is 3.64. The monoisotopic (exact) mass is 582 g/mol. The molecule has 0 N–H and O–H groups in total. The van der Waals surface area contributed by atoms with Crippen molar-refractivity contribution in [2.75, 3.05) is 13.2 Å². The van der Waals surface area contributed by atoms with Crippen LogP contribution in [0.4, 0.5) is 30.7 Å². The topological polar surface area (TPSA) is 138 Å². The maximum Gasteiger partial charge on any atom is 0.460 e. The molecular formula is C19H13F7O9S2. The number of alkyl halides is 7. The third-order valence-electron chi connectivity index (χ3n) is 5.64. The van der Waals surface area contributed by atoms with E-state index in [9.17, 15) is 62.0 Å². The van der Waals surface area contributed by atoms with Gasteiger partial charge in [0, 0.05) is 28.7 Å². The molecule has 0 aromatic heterocycles. The molecule has 1 aliphatic heterocycles. The van der Waals surface area contributed by atoms with Crippen molar-refractivity contribution in [1.29, 1.82) is 0 Å². The Kier molecular flexibility index (Phi) is 6.76. The van der Waals surface area contributed by atoms with E-state index < -0.39 is 96.0 Å². The van der Waals surface area contributed by atoms with Gasteiger partial charge in [-0.1, -0.05) is 24.3 Å². The van der Waals surface area contributed by atoms with Gasteiger partial charge >= 0.3 is 18.0 Å². The van der Waals surface area contributed by atoms with Crippen LogP contribution in [0.2, 0.25) is 0 Å². The largest absolute Gasteiger partial charge is 0.460 e. The molecule has 0 amide bonds. The van der Waals surface area contributed by atoms with Gasteiger partial charge in [-0.15, -0.1) is 0 Å². The van der Waals surface area contributed by atoms with Gasteiger partial charge in [0.15, 0.2) is 11.6 Å². The number of hydrogen-bond donors (Lipinski definition) is 0. The Balaban J connectivity index is 2.39. The van der Waals surface area contributed by atoms with E-state index in [1.54, 1.807) is 0 Å². The molecule has 0 spiro atoms. The van der Waals surface area contributed by atoms with Gasteiger partial charge in [0.05, 0.1) is 13.2 Å². The molecule has 0 unspecified atom stereocenters. The number of hydrogen-bond acceptors (Lipinski definition) is 9. The lowest BCUT2D eigenvalue weighted by Crippen LogP contribution is -2.66. The van der Waals surface area contributed by atoms with E-state index in [-0.39, 0.29) is 5.56 Å². The summed E-state index contributed by atoms with van der Waals surface area (Å²) in [6, 6.07) is 4.56. The first-order valence-electron chi connectivity index (χ1n) is 9.71. The first-order valence-corrected chi connectivity index (χ1v) is 12.5. The van der Waals surface area contributed by atoms with Crippen LogP contribution in [0.5, 0.6) is 0 Å². The second-order valence-corrected chi connectivity index (χ2v) is 11.7. The summed E-state index contributed by atoms with van der Waals surface area (Å²) in [5.41, 5.74) is -2.86. The maximum atomic E-state index is 14.6. The number of ketones is 3. The first kappa shape index (κ1) is 28.9. The molecule has 1 aromatic carbocycles. The van der Waals surface area contributed by atoms with Crippen LogP contribution in [0, 0.1) is 0 Å². The Morgan fingerprint density at radius 2 is 1.30 bits per heavy atom. The molecule has 18 heteroatoms. The lowest BCUT2D eigenvalue weighted by Gasteiger charge is -2.35. The highest BCUT2D eigenvalue weighted by Crippen LogP contribution is 2.52. The number of rotatable bonds is 5. The molecule has 1 aromatic rings. The Labute approximate surface area is 203 Å². The summed E-state index contributed by atoms with van der Waals surface area (Å²) < 4.78 is 150. The number of Topliss-reactive ketones (excluding diaryl/α,β-unsaturated/α-hetero) is 3. The van der Waals surface area contributed by atoms with Crippen LogP contribution in [0.1, 0.15) is 34.1 Å². The lowest BCUT2D eigenvalue weighted by molar-refractivity contribution is -0.343. The third-order valence-corrected chi connectivity index (χ3v) is 10.1. The number of carbonyl (C=O) groups excluding carboxylic acids is 3. The molecule has 3 rings (SSSR count). The normalized spacial score (nSPS) is 21.8. The van der Waals surface area contributed by atoms with Crippen molar-refractivity contribution in [1.82, 2.24) is 0 Å². The molecule has 204 valence electrons. The van der Waals surface area contributed by atoms with Crippen molar-refractivity contribution in [2.45, 2.75) is 35.4 Å². The minimum Gasteiger partial charge on any atom is -0.289 e. The lowest BCUT2D eigenvalue weighted by atomic mass is 9.82. The molecular weight excluding hydrogens is 569 g/mol. The van der Waals surface area contributed by atoms with Crippen LogP contribution in [0.25, 0.3) is 0 Å². The van der Waals surface area contributed by atoms with Gasteiger partial charge in [-0.2, -0.15) is 47.6 Å². The summed E-state index contributed by atoms with van der Waals surface area (Å²) in [4.78, 5) is 38.5. The van der Waals surface area contributed by atoms with Gasteiger partial charge in [0.1, 0.15) is 0 Å². The third kappa shape index (κ3) is 4.00. The second-order valence-electron chi connectivity index (χ2n) is 7.76. The van der Waals surface area contributed by atoms with Crippen molar-refractivity contribution < 1.29 is 70.3 Å². The van der Waals surface area contributed by atoms with Gasteiger partial charge in [-0.05, 0) is 6.92 Å². The van der Waals surface area contributed by atoms with Gasteiger partial charge in [0.25, 0.3) is 30.1 Å². The predicted molar refractivity (Wildman–Crippen MR) is 106 cm³/mol. The molecule has 1 heterocycles. The van der Waals surface area contributed by atoms with Crippen LogP contribution in [0.15, 0.2) is 35.4 Å². The molecule has 1 saturated heterocycles. The minimum absolute atomic E-state index is 0.304. The molecule has 0 bridgehead atoms. The van der Waals surface area contributed by atoms with Crippen molar-refractivity contribution >= 4 is 37.6 Å². The summed E-state index contributed by atoms with van der Waals surface area (Å²) in [5, 5.41) is 0. The smallest absolute Gasteiger partial charge is 0.289 e. The number of fused-ring (bicyclic) bond motifs is 1. The van der Waals surface area contributed by atoms with Crippen molar-refractivity contribution in [3.05, 3.63) is 46.5 Å². The molecule has 2 aliphatic rings. The Hall–Kier alpha value is -2.70. The summed E-state index contributed by atoms with van der Waals surface area (Å²) in [5.74, 6) is -20.8. The average Bonchev–Trinajstić information content (AvgIpc) is 2.87. The number of carbonyl (C=O) groups is 3. The van der Waals surface area contributed by atoms with Gasteiger partial charge in [-0.25, -0.2) is 0 Å². The van der Waals surface area contributed by atoms with Crippen LogP contribution < -0.4 is 0 Å². The zero-order chi connectivity index (χ0) is 28.4. The van der Waals surface area contributed by atoms with E-state index in [2.05, 4.69) is 8.37 Å². The molecule has 0 atom stereocenters. The molecule has 37 heavy (non-hydrogen) atoms. The average molecular weight is 582 g/mol. The summed E-state index contributed by atoms with van der Waals surface area (Å²) in [7, 11) is -12.8. The predicted octanol–water partition coefficient (Wildman–Crippen LogP) is 2.58. The van der Waals surface area contributed by atoms with Crippen LogP contribution in [0.3, 0.4) is 0 Å². The standard InChI is InChI=1S/C19H13F7O9S2/c1-9-12(14(28)11-5-3-2-4-10(11)13(9)27)8-16(36(30,31)34-6-7-35-37(16,32)33)15(29)17(20,21)18(22,23)19(24,25)26/h2-5H,6-8H2,1H3. The highest BCUT2D eigenvalue weighted by molar-refractivity contribution is 8.07. The highest BCUT2D eigenvalue weighted by atomic mass is 32.3. The van der Waals surface area contributed by atoms with Crippen molar-refractivity contribution in [3.63, 3.8) is 0 Å². The van der Waals surface area contributed by atoms with Crippen LogP contribution in [-0.4, -0.2) is 69.5 Å². The zero-order valence-electron chi connectivity index (χ0n) is 18.1. The van der Waals surface area contributed by atoms with Crippen molar-refractivity contribution in [3.8, 4) is 0 Å². The van der Waals surface area contributed by atoms with E-state index in [1.165, 1.54) is 12.1 Å². The molecule has 0 radical (unpaired) electrons. The van der Waals surface area contributed by atoms with Crippen LogP contribution >= 0.6 is 0 Å². The molecule has 9 nitrogen and oxygen atoms in total. The number of halogens is 7. The Morgan fingerprint density at radius 3 is 1.73 bits per heavy atom. The van der Waals surface area contributed by atoms with Gasteiger partial charge in [0.2, 0.25) is 0 Å². The summed E-state index contributed by atoms with van der Waals surface area (Å²) in [6.07, 6.45) is -9.47. The van der Waals surface area contributed by atoms with Crippen molar-refractivity contribution in [2.24, 2.45) is 0 Å². The number of benzene rings is 1. The van der Waals surface area contributed by atoms with Crippen LogP contribution in [-0.2, 0) is 33.4 Å². The Bertz CT molecular complexity index is 1410. The highest BCUT2D eigenvalue weighted by Gasteiger charge is 2.82. The van der Waals surface area contributed by atoms with E-state index in [4.69, 9.17) is 0 Å². The van der Waals surface area contributed by atoms with E-state index in [0.717, 1.165) is 19.1 Å². The quantitative estimate of drug-likeness (QED) is 0.379. The SMILES string of the molecule is CC1=C(CC2(C(=O)C(F)(F)C(F)(F)C(F)(F)F)S(=O)(=O)OCCOS2(=O)=O)C(=O)c2ccccc2C1=O. The van der Waals surface area contributed by atoms with E-state index >= 15 is 0 Å². The summed E-state index contributed by atoms with van der Waals surface area (Å²) in [6.45, 7) is -1.78. The minimum atomic E-state index is -7.29. The second kappa shape index (κ2) is 8.67. The first-order chi connectivity index (χ1) is 16.7. The Morgan fingerprint density at radius 1 is 0.865 bits per heavy atom. The van der Waals surface area contributed by atoms with E-state index in [0.29, 0.717) is 0 Å². The number of allylic oxidation sites excluding steroid dienone is 2. The fourth-order valence-corrected chi connectivity index (χ4v) is 7.24. The molecule has 1 aliphatic carbocycles. The van der Waals surface area contributed by atoms with Gasteiger partial charge < -0.3 is 0 Å². The van der Waals surface area contributed by atoms with Gasteiger partial charge in [-0.3, -0.25) is 22.7 Å². The molecule has 0 saturated carbocycles. The maximum absolute atomic E-state index is 14.6. The summed E-state index contributed by atoms with van der Waals surface area (Å²) >= 11 is 0. The molecule has 1 fully saturated rings. The zero-order valence-corrected chi connectivity index (χ0v) is 19.7.